The Kier molecular flexibility index (Phi) is 4.34. The van der Waals surface area contributed by atoms with Gasteiger partial charge in [0.05, 0.1) is 0 Å². The molecule has 2 heteroatoms. The van der Waals surface area contributed by atoms with Gasteiger partial charge in [0.2, 0.25) is 0 Å². The van der Waals surface area contributed by atoms with Gasteiger partial charge in [-0.1, -0.05) is 42.5 Å². The summed E-state index contributed by atoms with van der Waals surface area (Å²) in [6, 6.07) is 15.7. The monoisotopic (exact) mass is 269 g/mol. The van der Waals surface area contributed by atoms with Crippen molar-refractivity contribution in [1.29, 1.82) is 0 Å². The predicted molar refractivity (Wildman–Crippen MR) is 83.8 cm³/mol. The molecule has 1 N–H and O–H groups in total. The fourth-order valence-electron chi connectivity index (χ4n) is 3.10. The molecule has 0 saturated carbocycles. The highest BCUT2D eigenvalue weighted by Gasteiger charge is 2.19. The lowest BCUT2D eigenvalue weighted by atomic mass is 9.92. The Morgan fingerprint density at radius 2 is 1.85 bits per heavy atom. The molecule has 1 fully saturated rings. The Morgan fingerprint density at radius 3 is 2.70 bits per heavy atom. The van der Waals surface area contributed by atoms with Crippen LogP contribution in [0.1, 0.15) is 25.3 Å². The molecule has 1 saturated heterocycles. The molecule has 0 amide bonds. The van der Waals surface area contributed by atoms with Crippen molar-refractivity contribution < 1.29 is 4.74 Å². The highest BCUT2D eigenvalue weighted by molar-refractivity contribution is 5.85. The van der Waals surface area contributed by atoms with Crippen LogP contribution in [0.4, 0.5) is 0 Å². The van der Waals surface area contributed by atoms with Crippen molar-refractivity contribution in [1.82, 2.24) is 5.32 Å². The van der Waals surface area contributed by atoms with Crippen LogP contribution in [0.25, 0.3) is 10.8 Å². The Morgan fingerprint density at radius 1 is 1.10 bits per heavy atom. The predicted octanol–water partition coefficient (Wildman–Crippen LogP) is 3.74. The Bertz CT molecular complexity index is 555. The van der Waals surface area contributed by atoms with Crippen LogP contribution < -0.4 is 5.32 Å². The molecule has 0 aromatic heterocycles. The van der Waals surface area contributed by atoms with E-state index in [1.807, 2.05) is 0 Å². The molecule has 1 atom stereocenters. The lowest BCUT2D eigenvalue weighted by Crippen LogP contribution is -2.36. The van der Waals surface area contributed by atoms with E-state index in [0.29, 0.717) is 6.04 Å². The molecule has 3 rings (SSSR count). The Hall–Kier alpha value is -1.38. The van der Waals surface area contributed by atoms with Crippen LogP contribution in [0.5, 0.6) is 0 Å². The second-order valence-corrected chi connectivity index (χ2v) is 5.76. The molecule has 106 valence electrons. The second-order valence-electron chi connectivity index (χ2n) is 5.76. The molecular weight excluding hydrogens is 246 g/mol. The first kappa shape index (κ1) is 13.6. The van der Waals surface area contributed by atoms with E-state index in [0.717, 1.165) is 25.7 Å². The van der Waals surface area contributed by atoms with E-state index >= 15 is 0 Å². The number of rotatable bonds is 4. The van der Waals surface area contributed by atoms with E-state index in [4.69, 9.17) is 4.74 Å². The van der Waals surface area contributed by atoms with E-state index < -0.39 is 0 Å². The fourth-order valence-corrected chi connectivity index (χ4v) is 3.10. The van der Waals surface area contributed by atoms with Crippen molar-refractivity contribution in [3.8, 4) is 0 Å². The fraction of sp³-hybridized carbons (Fsp3) is 0.444. The smallest absolute Gasteiger partial charge is 0.0469 e. The average molecular weight is 269 g/mol. The van der Waals surface area contributed by atoms with Gasteiger partial charge >= 0.3 is 0 Å². The van der Waals surface area contributed by atoms with Crippen molar-refractivity contribution in [3.63, 3.8) is 0 Å². The van der Waals surface area contributed by atoms with Gasteiger partial charge in [0.15, 0.2) is 0 Å². The number of benzene rings is 2. The third kappa shape index (κ3) is 3.02. The van der Waals surface area contributed by atoms with Crippen molar-refractivity contribution in [3.05, 3.63) is 48.0 Å². The molecule has 0 spiro atoms. The number of hydrogen-bond donors (Lipinski definition) is 1. The third-order valence-electron chi connectivity index (χ3n) is 4.47. The molecule has 2 aromatic rings. The van der Waals surface area contributed by atoms with Crippen molar-refractivity contribution in [2.24, 2.45) is 5.92 Å². The summed E-state index contributed by atoms with van der Waals surface area (Å²) in [5, 5.41) is 6.39. The van der Waals surface area contributed by atoms with E-state index in [2.05, 4.69) is 54.7 Å². The summed E-state index contributed by atoms with van der Waals surface area (Å²) in [5.74, 6) is 0.749. The van der Waals surface area contributed by atoms with Gasteiger partial charge in [-0.3, -0.25) is 0 Å². The minimum Gasteiger partial charge on any atom is -0.381 e. The van der Waals surface area contributed by atoms with Gasteiger partial charge in [-0.2, -0.15) is 0 Å². The van der Waals surface area contributed by atoms with Gasteiger partial charge < -0.3 is 10.1 Å². The van der Waals surface area contributed by atoms with Gasteiger partial charge in [0, 0.05) is 25.8 Å². The molecule has 0 bridgehead atoms. The SMILES string of the molecule is CC(NCc1cccc2ccccc12)C1CCOCC1. The number of ether oxygens (including phenoxy) is 1. The molecule has 0 aliphatic carbocycles. The summed E-state index contributed by atoms with van der Waals surface area (Å²) >= 11 is 0. The zero-order chi connectivity index (χ0) is 13.8. The summed E-state index contributed by atoms with van der Waals surface area (Å²) in [7, 11) is 0. The van der Waals surface area contributed by atoms with Crippen LogP contribution in [-0.2, 0) is 11.3 Å². The standard InChI is InChI=1S/C18H23NO/c1-14(15-9-11-20-12-10-15)19-13-17-7-4-6-16-5-2-3-8-18(16)17/h2-8,14-15,19H,9-13H2,1H3. The van der Waals surface area contributed by atoms with Gasteiger partial charge in [-0.05, 0) is 42.0 Å². The lowest BCUT2D eigenvalue weighted by molar-refractivity contribution is 0.0558. The largest absolute Gasteiger partial charge is 0.381 e. The minimum absolute atomic E-state index is 0.554. The lowest BCUT2D eigenvalue weighted by Gasteiger charge is -2.28. The van der Waals surface area contributed by atoms with Gasteiger partial charge in [-0.25, -0.2) is 0 Å². The number of fused-ring (bicyclic) bond motifs is 1. The van der Waals surface area contributed by atoms with E-state index in [1.54, 1.807) is 0 Å². The topological polar surface area (TPSA) is 21.3 Å². The molecule has 0 radical (unpaired) electrons. The van der Waals surface area contributed by atoms with Crippen molar-refractivity contribution in [2.45, 2.75) is 32.4 Å². The maximum atomic E-state index is 5.44. The minimum atomic E-state index is 0.554. The first-order chi connectivity index (χ1) is 9.84. The van der Waals surface area contributed by atoms with E-state index in [-0.39, 0.29) is 0 Å². The first-order valence-electron chi connectivity index (χ1n) is 7.62. The molecule has 1 heterocycles. The quantitative estimate of drug-likeness (QED) is 0.913. The van der Waals surface area contributed by atoms with E-state index in [9.17, 15) is 0 Å². The van der Waals surface area contributed by atoms with Gasteiger partial charge in [0.25, 0.3) is 0 Å². The van der Waals surface area contributed by atoms with E-state index in [1.165, 1.54) is 29.2 Å². The first-order valence-corrected chi connectivity index (χ1v) is 7.62. The molecular formula is C18H23NO. The average Bonchev–Trinajstić information content (AvgIpc) is 2.53. The summed E-state index contributed by atoms with van der Waals surface area (Å²) in [4.78, 5) is 0. The molecule has 1 aliphatic heterocycles. The van der Waals surface area contributed by atoms with Crippen LogP contribution in [0.3, 0.4) is 0 Å². The maximum Gasteiger partial charge on any atom is 0.0469 e. The van der Waals surface area contributed by atoms with Crippen LogP contribution >= 0.6 is 0 Å². The zero-order valence-electron chi connectivity index (χ0n) is 12.1. The highest BCUT2D eigenvalue weighted by atomic mass is 16.5. The normalized spacial score (nSPS) is 18.2. The molecule has 2 aromatic carbocycles. The molecule has 2 nitrogen and oxygen atoms in total. The third-order valence-corrected chi connectivity index (χ3v) is 4.47. The number of hydrogen-bond acceptors (Lipinski definition) is 2. The molecule has 20 heavy (non-hydrogen) atoms. The van der Waals surface area contributed by atoms with Crippen molar-refractivity contribution in [2.75, 3.05) is 13.2 Å². The van der Waals surface area contributed by atoms with Crippen LogP contribution in [0, 0.1) is 5.92 Å². The zero-order valence-corrected chi connectivity index (χ0v) is 12.1. The van der Waals surface area contributed by atoms with Crippen LogP contribution in [0.2, 0.25) is 0 Å². The molecule has 1 aliphatic rings. The summed E-state index contributed by atoms with van der Waals surface area (Å²) in [6.45, 7) is 5.09. The van der Waals surface area contributed by atoms with Gasteiger partial charge in [-0.15, -0.1) is 0 Å². The van der Waals surface area contributed by atoms with Gasteiger partial charge in [0.1, 0.15) is 0 Å². The van der Waals surface area contributed by atoms with Crippen LogP contribution in [0.15, 0.2) is 42.5 Å². The maximum absolute atomic E-state index is 5.44. The summed E-state index contributed by atoms with van der Waals surface area (Å²) < 4.78 is 5.44. The van der Waals surface area contributed by atoms with Crippen molar-refractivity contribution >= 4 is 10.8 Å². The second kappa shape index (κ2) is 6.38. The Labute approximate surface area is 121 Å². The summed E-state index contributed by atoms with van der Waals surface area (Å²) in [6.07, 6.45) is 2.37. The van der Waals surface area contributed by atoms with Crippen LogP contribution in [-0.4, -0.2) is 19.3 Å². The summed E-state index contributed by atoms with van der Waals surface area (Å²) in [5.41, 5.74) is 1.39. The highest BCUT2D eigenvalue weighted by Crippen LogP contribution is 2.21. The molecule has 1 unspecified atom stereocenters. The Balaban J connectivity index is 1.67. The number of nitrogens with one attached hydrogen (secondary N) is 1.